The molecule has 5 heteroatoms. The van der Waals surface area contributed by atoms with Gasteiger partial charge >= 0.3 is 0 Å². The zero-order valence-electron chi connectivity index (χ0n) is 8.19. The Labute approximate surface area is 82.0 Å². The van der Waals surface area contributed by atoms with Gasteiger partial charge in [-0.25, -0.2) is 0 Å². The molecule has 5 nitrogen and oxygen atoms in total. The summed E-state index contributed by atoms with van der Waals surface area (Å²) in [5.41, 5.74) is 0. The lowest BCUT2D eigenvalue weighted by Gasteiger charge is -2.15. The summed E-state index contributed by atoms with van der Waals surface area (Å²) < 4.78 is 0. The fourth-order valence-electron chi connectivity index (χ4n) is 1.08. The van der Waals surface area contributed by atoms with Crippen molar-refractivity contribution in [1.29, 1.82) is 0 Å². The van der Waals surface area contributed by atoms with Gasteiger partial charge in [0.05, 0.1) is 0 Å². The highest BCUT2D eigenvalue weighted by atomic mass is 16.2. The monoisotopic (exact) mass is 196 g/mol. The normalized spacial score (nSPS) is 15.1. The lowest BCUT2D eigenvalue weighted by Crippen LogP contribution is -2.34. The summed E-state index contributed by atoms with van der Waals surface area (Å²) in [6.45, 7) is 0.154. The van der Waals surface area contributed by atoms with Gasteiger partial charge in [-0.2, -0.15) is 0 Å². The molecular weight excluding hydrogens is 184 g/mol. The summed E-state index contributed by atoms with van der Waals surface area (Å²) >= 11 is 0. The van der Waals surface area contributed by atoms with E-state index in [1.165, 1.54) is 17.1 Å². The van der Waals surface area contributed by atoms with Crippen LogP contribution in [0, 0.1) is 0 Å². The molecule has 0 spiro atoms. The van der Waals surface area contributed by atoms with Crippen LogP contribution in [0.5, 0.6) is 0 Å². The molecule has 0 N–H and O–H groups in total. The van der Waals surface area contributed by atoms with Gasteiger partial charge in [-0.1, -0.05) is 0 Å². The number of imide groups is 1. The summed E-state index contributed by atoms with van der Waals surface area (Å²) in [7, 11) is 3.27. The summed E-state index contributed by atoms with van der Waals surface area (Å²) in [6.07, 6.45) is 2.59. The van der Waals surface area contributed by atoms with Crippen LogP contribution in [0.1, 0.15) is 6.42 Å². The number of rotatable bonds is 3. The zero-order valence-corrected chi connectivity index (χ0v) is 8.19. The van der Waals surface area contributed by atoms with Crippen molar-refractivity contribution in [3.05, 3.63) is 12.2 Å². The van der Waals surface area contributed by atoms with Gasteiger partial charge in [-0.3, -0.25) is 19.3 Å². The van der Waals surface area contributed by atoms with E-state index in [0.717, 1.165) is 4.90 Å². The molecule has 0 atom stereocenters. The molecule has 14 heavy (non-hydrogen) atoms. The van der Waals surface area contributed by atoms with Crippen molar-refractivity contribution in [3.8, 4) is 0 Å². The minimum atomic E-state index is -0.346. The third kappa shape index (κ3) is 2.18. The van der Waals surface area contributed by atoms with Crippen LogP contribution < -0.4 is 0 Å². The second kappa shape index (κ2) is 4.04. The first-order valence-corrected chi connectivity index (χ1v) is 4.26. The second-order valence-electron chi connectivity index (χ2n) is 3.20. The molecule has 0 saturated heterocycles. The molecule has 0 aromatic carbocycles. The van der Waals surface area contributed by atoms with Crippen LogP contribution in [-0.2, 0) is 14.4 Å². The molecule has 1 aliphatic rings. The number of nitrogens with zero attached hydrogens (tertiary/aromatic N) is 2. The highest BCUT2D eigenvalue weighted by Crippen LogP contribution is 2.04. The minimum Gasteiger partial charge on any atom is -0.349 e. The Morgan fingerprint density at radius 3 is 2.21 bits per heavy atom. The average molecular weight is 196 g/mol. The van der Waals surface area contributed by atoms with Gasteiger partial charge in [-0.05, 0) is 0 Å². The van der Waals surface area contributed by atoms with Gasteiger partial charge in [0.1, 0.15) is 0 Å². The highest BCUT2D eigenvalue weighted by molar-refractivity contribution is 6.13. The lowest BCUT2D eigenvalue weighted by atomic mass is 10.3. The number of amides is 3. The summed E-state index contributed by atoms with van der Waals surface area (Å²) in [5, 5.41) is 0. The Hall–Kier alpha value is -1.65. The van der Waals surface area contributed by atoms with Gasteiger partial charge in [0.15, 0.2) is 0 Å². The molecule has 3 amide bonds. The number of hydrogen-bond acceptors (Lipinski definition) is 3. The highest BCUT2D eigenvalue weighted by Gasteiger charge is 2.23. The van der Waals surface area contributed by atoms with E-state index in [-0.39, 0.29) is 30.7 Å². The van der Waals surface area contributed by atoms with Crippen molar-refractivity contribution in [2.45, 2.75) is 6.42 Å². The number of carbonyl (C=O) groups is 3. The fraction of sp³-hybridized carbons (Fsp3) is 0.444. The topological polar surface area (TPSA) is 57.7 Å². The predicted molar refractivity (Wildman–Crippen MR) is 49.2 cm³/mol. The predicted octanol–water partition coefficient (Wildman–Crippen LogP) is -0.610. The van der Waals surface area contributed by atoms with Crippen molar-refractivity contribution in [1.82, 2.24) is 9.80 Å². The zero-order chi connectivity index (χ0) is 10.7. The standard InChI is InChI=1S/C9H12N2O3/c1-10(2)7(12)5-6-11-8(13)3-4-9(11)14/h3-4H,5-6H2,1-2H3. The first-order valence-electron chi connectivity index (χ1n) is 4.26. The Morgan fingerprint density at radius 1 is 1.29 bits per heavy atom. The van der Waals surface area contributed by atoms with Crippen LogP contribution in [0.25, 0.3) is 0 Å². The molecule has 0 aliphatic carbocycles. The lowest BCUT2D eigenvalue weighted by molar-refractivity contribution is -0.137. The molecule has 76 valence electrons. The van der Waals surface area contributed by atoms with Crippen molar-refractivity contribution >= 4 is 17.7 Å². The minimum absolute atomic E-state index is 0.0995. The Balaban J connectivity index is 2.43. The summed E-state index contributed by atoms with van der Waals surface area (Å²) in [6, 6.07) is 0. The molecule has 0 radical (unpaired) electrons. The van der Waals surface area contributed by atoms with Crippen molar-refractivity contribution in [2.75, 3.05) is 20.6 Å². The van der Waals surface area contributed by atoms with Crippen molar-refractivity contribution in [3.63, 3.8) is 0 Å². The van der Waals surface area contributed by atoms with Crippen molar-refractivity contribution < 1.29 is 14.4 Å². The van der Waals surface area contributed by atoms with E-state index >= 15 is 0 Å². The fourth-order valence-corrected chi connectivity index (χ4v) is 1.08. The number of hydrogen-bond donors (Lipinski definition) is 0. The van der Waals surface area contributed by atoms with E-state index in [1.807, 2.05) is 0 Å². The van der Waals surface area contributed by atoms with Crippen LogP contribution in [-0.4, -0.2) is 48.2 Å². The maximum absolute atomic E-state index is 11.2. The van der Waals surface area contributed by atoms with Gasteiger partial charge in [-0.15, -0.1) is 0 Å². The van der Waals surface area contributed by atoms with Gasteiger partial charge in [0, 0.05) is 39.2 Å². The van der Waals surface area contributed by atoms with Crippen LogP contribution >= 0.6 is 0 Å². The molecule has 1 rings (SSSR count). The van der Waals surface area contributed by atoms with E-state index in [0.29, 0.717) is 0 Å². The molecule has 0 aromatic rings. The Kier molecular flexibility index (Phi) is 3.01. The van der Waals surface area contributed by atoms with E-state index in [2.05, 4.69) is 0 Å². The molecule has 0 bridgehead atoms. The van der Waals surface area contributed by atoms with Crippen molar-refractivity contribution in [2.24, 2.45) is 0 Å². The molecule has 0 fully saturated rings. The summed E-state index contributed by atoms with van der Waals surface area (Å²) in [4.78, 5) is 35.8. The number of carbonyl (C=O) groups excluding carboxylic acids is 3. The molecule has 0 aromatic heterocycles. The van der Waals surface area contributed by atoms with E-state index in [1.54, 1.807) is 14.1 Å². The van der Waals surface area contributed by atoms with Crippen LogP contribution in [0.2, 0.25) is 0 Å². The van der Waals surface area contributed by atoms with Crippen LogP contribution in [0.4, 0.5) is 0 Å². The van der Waals surface area contributed by atoms with Crippen LogP contribution in [0.15, 0.2) is 12.2 Å². The maximum atomic E-state index is 11.2. The molecular formula is C9H12N2O3. The average Bonchev–Trinajstić information content (AvgIpc) is 2.43. The third-order valence-corrected chi connectivity index (χ3v) is 1.95. The molecule has 1 heterocycles. The largest absolute Gasteiger partial charge is 0.349 e. The van der Waals surface area contributed by atoms with Gasteiger partial charge < -0.3 is 4.90 Å². The molecule has 0 saturated carbocycles. The third-order valence-electron chi connectivity index (χ3n) is 1.95. The van der Waals surface area contributed by atoms with Crippen LogP contribution in [0.3, 0.4) is 0 Å². The second-order valence-corrected chi connectivity index (χ2v) is 3.20. The SMILES string of the molecule is CN(C)C(=O)CCN1C(=O)C=CC1=O. The Morgan fingerprint density at radius 2 is 1.79 bits per heavy atom. The first-order chi connectivity index (χ1) is 6.52. The van der Waals surface area contributed by atoms with E-state index < -0.39 is 0 Å². The quantitative estimate of drug-likeness (QED) is 0.566. The molecule has 1 aliphatic heterocycles. The Bertz CT molecular complexity index is 289. The smallest absolute Gasteiger partial charge is 0.253 e. The van der Waals surface area contributed by atoms with E-state index in [9.17, 15) is 14.4 Å². The van der Waals surface area contributed by atoms with Gasteiger partial charge in [0.25, 0.3) is 11.8 Å². The maximum Gasteiger partial charge on any atom is 0.253 e. The first kappa shape index (κ1) is 10.4. The molecule has 0 unspecified atom stereocenters. The van der Waals surface area contributed by atoms with E-state index in [4.69, 9.17) is 0 Å². The summed E-state index contributed by atoms with van der Waals surface area (Å²) in [5.74, 6) is -0.791. The van der Waals surface area contributed by atoms with Gasteiger partial charge in [0.2, 0.25) is 5.91 Å².